The smallest absolute Gasteiger partial charge is 0.324 e. The van der Waals surface area contributed by atoms with E-state index < -0.39 is 23.7 Å². The van der Waals surface area contributed by atoms with Crippen molar-refractivity contribution in [2.24, 2.45) is 0 Å². The quantitative estimate of drug-likeness (QED) is 0.376. The summed E-state index contributed by atoms with van der Waals surface area (Å²) in [5.41, 5.74) is 1.58. The van der Waals surface area contributed by atoms with Gasteiger partial charge in [-0.05, 0) is 61.7 Å². The van der Waals surface area contributed by atoms with E-state index in [0.29, 0.717) is 0 Å². The summed E-state index contributed by atoms with van der Waals surface area (Å²) in [6.07, 6.45) is -1.62. The fourth-order valence-electron chi connectivity index (χ4n) is 4.51. The predicted octanol–water partition coefficient (Wildman–Crippen LogP) is 6.61. The number of benzene rings is 3. The van der Waals surface area contributed by atoms with Gasteiger partial charge in [-0.2, -0.15) is 13.2 Å². The van der Waals surface area contributed by atoms with Crippen LogP contribution in [0.2, 0.25) is 0 Å². The number of likely N-dealkylation sites (tertiary alicyclic amines) is 1. The second-order valence-electron chi connectivity index (χ2n) is 9.18. The molecule has 0 radical (unpaired) electrons. The maximum absolute atomic E-state index is 13.7. The van der Waals surface area contributed by atoms with Crippen LogP contribution in [0.3, 0.4) is 0 Å². The highest BCUT2D eigenvalue weighted by Gasteiger charge is 2.35. The van der Waals surface area contributed by atoms with Gasteiger partial charge in [0.05, 0.1) is 17.3 Å². The maximum atomic E-state index is 13.7. The number of amides is 1. The first-order valence-electron chi connectivity index (χ1n) is 12.2. The van der Waals surface area contributed by atoms with Crippen LogP contribution in [0.5, 0.6) is 0 Å². The van der Waals surface area contributed by atoms with Crippen LogP contribution in [0.1, 0.15) is 47.7 Å². The van der Waals surface area contributed by atoms with E-state index in [4.69, 9.17) is 0 Å². The number of halogens is 3. The zero-order valence-corrected chi connectivity index (χ0v) is 20.1. The average molecular weight is 495 g/mol. The van der Waals surface area contributed by atoms with Crippen LogP contribution in [-0.4, -0.2) is 35.7 Å². The van der Waals surface area contributed by atoms with Crippen molar-refractivity contribution in [3.8, 4) is 11.1 Å². The molecule has 3 aromatic carbocycles. The molecule has 0 aliphatic carbocycles. The second-order valence-corrected chi connectivity index (χ2v) is 9.18. The molecule has 1 heterocycles. The molecular weight excluding hydrogens is 465 g/mol. The van der Waals surface area contributed by atoms with Crippen molar-refractivity contribution in [2.75, 3.05) is 18.4 Å². The van der Waals surface area contributed by atoms with Crippen molar-refractivity contribution in [3.05, 3.63) is 89.5 Å². The first-order valence-corrected chi connectivity index (χ1v) is 12.2. The van der Waals surface area contributed by atoms with Crippen molar-refractivity contribution in [2.45, 2.75) is 44.8 Å². The SMILES string of the molecule is C[C@@H](C(=O)Nc1cc(C(=O)Cc2ccc(-c3ccccc3)cc2)ccc1C(F)(F)F)N1CCCCC1. The van der Waals surface area contributed by atoms with Gasteiger partial charge in [0.25, 0.3) is 0 Å². The molecule has 1 N–H and O–H groups in total. The second kappa shape index (κ2) is 11.1. The van der Waals surface area contributed by atoms with Crippen LogP contribution in [0.15, 0.2) is 72.8 Å². The predicted molar refractivity (Wildman–Crippen MR) is 135 cm³/mol. The van der Waals surface area contributed by atoms with E-state index in [2.05, 4.69) is 5.32 Å². The Bertz CT molecular complexity index is 1200. The normalized spacial score (nSPS) is 15.3. The molecule has 1 aliphatic heterocycles. The largest absolute Gasteiger partial charge is 0.418 e. The molecule has 1 atom stereocenters. The van der Waals surface area contributed by atoms with E-state index in [1.54, 1.807) is 6.92 Å². The van der Waals surface area contributed by atoms with E-state index in [1.807, 2.05) is 59.5 Å². The number of nitrogens with one attached hydrogen (secondary N) is 1. The number of alkyl halides is 3. The molecule has 4 rings (SSSR count). The zero-order chi connectivity index (χ0) is 25.7. The van der Waals surface area contributed by atoms with Crippen molar-refractivity contribution in [1.82, 2.24) is 4.90 Å². The maximum Gasteiger partial charge on any atom is 0.418 e. The summed E-state index contributed by atoms with van der Waals surface area (Å²) in [6, 6.07) is 19.9. The minimum absolute atomic E-state index is 0.0397. The lowest BCUT2D eigenvalue weighted by molar-refractivity contribution is -0.137. The first-order chi connectivity index (χ1) is 17.2. The van der Waals surface area contributed by atoms with E-state index in [-0.39, 0.29) is 23.5 Å². The number of hydrogen-bond donors (Lipinski definition) is 1. The standard InChI is InChI=1S/C29H29F3N2O2/c1-20(34-16-6-3-7-17-34)28(36)33-26-19-24(14-15-25(26)29(30,31)32)27(35)18-21-10-12-23(13-11-21)22-8-4-2-5-9-22/h2,4-5,8-15,19-20H,3,6-7,16-18H2,1H3,(H,33,36)/t20-/m0/s1. The fraction of sp³-hybridized carbons (Fsp3) is 0.310. The third-order valence-corrected chi connectivity index (χ3v) is 6.65. The molecule has 1 saturated heterocycles. The van der Waals surface area contributed by atoms with E-state index in [0.717, 1.165) is 61.2 Å². The number of Topliss-reactive ketones (excluding diaryl/α,β-unsaturated/α-hetero) is 1. The average Bonchev–Trinajstić information content (AvgIpc) is 2.89. The molecule has 0 saturated carbocycles. The molecule has 1 fully saturated rings. The topological polar surface area (TPSA) is 49.4 Å². The Morgan fingerprint density at radius 1 is 0.889 bits per heavy atom. The number of anilines is 1. The molecule has 1 amide bonds. The Labute approximate surface area is 209 Å². The van der Waals surface area contributed by atoms with Crippen molar-refractivity contribution in [3.63, 3.8) is 0 Å². The number of rotatable bonds is 7. The minimum Gasteiger partial charge on any atom is -0.324 e. The number of carbonyl (C=O) groups is 2. The molecule has 0 spiro atoms. The summed E-state index contributed by atoms with van der Waals surface area (Å²) in [6.45, 7) is 3.17. The molecule has 0 unspecified atom stereocenters. The van der Waals surface area contributed by atoms with Crippen LogP contribution >= 0.6 is 0 Å². The van der Waals surface area contributed by atoms with Gasteiger partial charge in [-0.1, -0.05) is 67.1 Å². The molecular formula is C29H29F3N2O2. The summed E-state index contributed by atoms with van der Waals surface area (Å²) in [5, 5.41) is 2.45. The highest BCUT2D eigenvalue weighted by atomic mass is 19.4. The van der Waals surface area contributed by atoms with E-state index in [1.165, 1.54) is 6.07 Å². The van der Waals surface area contributed by atoms with Gasteiger partial charge in [-0.15, -0.1) is 0 Å². The highest BCUT2D eigenvalue weighted by Crippen LogP contribution is 2.36. The Kier molecular flexibility index (Phi) is 7.89. The molecule has 3 aromatic rings. The molecule has 7 heteroatoms. The Hall–Kier alpha value is -3.45. The number of carbonyl (C=O) groups excluding carboxylic acids is 2. The van der Waals surface area contributed by atoms with Crippen molar-refractivity contribution < 1.29 is 22.8 Å². The summed E-state index contributed by atoms with van der Waals surface area (Å²) in [4.78, 5) is 27.7. The molecule has 0 aromatic heterocycles. The fourth-order valence-corrected chi connectivity index (χ4v) is 4.51. The van der Waals surface area contributed by atoms with Gasteiger partial charge >= 0.3 is 6.18 Å². The van der Waals surface area contributed by atoms with Crippen molar-refractivity contribution >= 4 is 17.4 Å². The summed E-state index contributed by atoms with van der Waals surface area (Å²) in [5.74, 6) is -0.834. The van der Waals surface area contributed by atoms with E-state index >= 15 is 0 Å². The van der Waals surface area contributed by atoms with Crippen LogP contribution in [0.25, 0.3) is 11.1 Å². The monoisotopic (exact) mass is 494 g/mol. The Balaban J connectivity index is 1.51. The minimum atomic E-state index is -4.66. The summed E-state index contributed by atoms with van der Waals surface area (Å²) < 4.78 is 41.0. The molecule has 4 nitrogen and oxygen atoms in total. The van der Waals surface area contributed by atoms with Crippen LogP contribution < -0.4 is 5.32 Å². The van der Waals surface area contributed by atoms with Gasteiger partial charge in [-0.3, -0.25) is 14.5 Å². The number of hydrogen-bond acceptors (Lipinski definition) is 3. The van der Waals surface area contributed by atoms with E-state index in [9.17, 15) is 22.8 Å². The highest BCUT2D eigenvalue weighted by molar-refractivity contribution is 6.01. The molecule has 36 heavy (non-hydrogen) atoms. The third-order valence-electron chi connectivity index (χ3n) is 6.65. The number of nitrogens with zero attached hydrogens (tertiary/aromatic N) is 1. The lowest BCUT2D eigenvalue weighted by atomic mass is 9.98. The van der Waals surface area contributed by atoms with Gasteiger partial charge in [-0.25, -0.2) is 0 Å². The third kappa shape index (κ3) is 6.21. The number of ketones is 1. The molecule has 1 aliphatic rings. The van der Waals surface area contributed by atoms with Gasteiger partial charge < -0.3 is 5.32 Å². The van der Waals surface area contributed by atoms with Crippen LogP contribution in [0, 0.1) is 0 Å². The van der Waals surface area contributed by atoms with Crippen LogP contribution in [0.4, 0.5) is 18.9 Å². The van der Waals surface area contributed by atoms with Crippen molar-refractivity contribution in [1.29, 1.82) is 0 Å². The molecule has 0 bridgehead atoms. The van der Waals surface area contributed by atoms with Gasteiger partial charge in [0.15, 0.2) is 5.78 Å². The first kappa shape index (κ1) is 25.6. The Morgan fingerprint density at radius 2 is 1.53 bits per heavy atom. The molecule has 188 valence electrons. The lowest BCUT2D eigenvalue weighted by Crippen LogP contribution is -2.44. The lowest BCUT2D eigenvalue weighted by Gasteiger charge is -2.31. The Morgan fingerprint density at radius 3 is 2.17 bits per heavy atom. The van der Waals surface area contributed by atoms with Gasteiger partial charge in [0, 0.05) is 12.0 Å². The van der Waals surface area contributed by atoms with Gasteiger partial charge in [0.2, 0.25) is 5.91 Å². The number of piperidine rings is 1. The summed E-state index contributed by atoms with van der Waals surface area (Å²) in [7, 11) is 0. The zero-order valence-electron chi connectivity index (χ0n) is 20.1. The summed E-state index contributed by atoms with van der Waals surface area (Å²) >= 11 is 0. The van der Waals surface area contributed by atoms with Gasteiger partial charge in [0.1, 0.15) is 0 Å². The van der Waals surface area contributed by atoms with Crippen LogP contribution in [-0.2, 0) is 17.4 Å².